The summed E-state index contributed by atoms with van der Waals surface area (Å²) in [5.74, 6) is -0.842. The second-order valence-electron chi connectivity index (χ2n) is 7.77. The Hall–Kier alpha value is -2.62. The lowest BCUT2D eigenvalue weighted by Gasteiger charge is -2.37. The summed E-state index contributed by atoms with van der Waals surface area (Å²) in [5.41, 5.74) is 0.777. The number of benzene rings is 1. The fourth-order valence-corrected chi connectivity index (χ4v) is 5.93. The van der Waals surface area contributed by atoms with Crippen molar-refractivity contribution >= 4 is 27.6 Å². The molecule has 158 valence electrons. The van der Waals surface area contributed by atoms with E-state index in [1.807, 2.05) is 18.2 Å². The number of ether oxygens (including phenoxy) is 1. The third kappa shape index (κ3) is 3.35. The number of methoxy groups -OCH3 is 1. The van der Waals surface area contributed by atoms with Gasteiger partial charge in [-0.1, -0.05) is 18.2 Å². The number of hydrogen-bond donors (Lipinski definition) is 2. The van der Waals surface area contributed by atoms with Gasteiger partial charge in [-0.15, -0.1) is 0 Å². The smallest absolute Gasteiger partial charge is 0.245 e. The van der Waals surface area contributed by atoms with Gasteiger partial charge in [0.25, 0.3) is 0 Å². The Morgan fingerprint density at radius 1 is 1.31 bits per heavy atom. The molecule has 2 saturated heterocycles. The molecular formula is C19H25N3O6S. The van der Waals surface area contributed by atoms with Gasteiger partial charge in [-0.3, -0.25) is 14.4 Å². The molecule has 29 heavy (non-hydrogen) atoms. The van der Waals surface area contributed by atoms with Gasteiger partial charge >= 0.3 is 0 Å². The Kier molecular flexibility index (Phi) is 5.33. The van der Waals surface area contributed by atoms with Gasteiger partial charge in [-0.2, -0.15) is 0 Å². The highest BCUT2D eigenvalue weighted by molar-refractivity contribution is 7.93. The minimum absolute atomic E-state index is 0.107. The lowest BCUT2D eigenvalue weighted by Crippen LogP contribution is -2.61. The molecule has 3 unspecified atom stereocenters. The highest BCUT2D eigenvalue weighted by atomic mass is 32.2. The van der Waals surface area contributed by atoms with E-state index in [0.717, 1.165) is 10.5 Å². The van der Waals surface area contributed by atoms with Gasteiger partial charge < -0.3 is 20.3 Å². The Bertz CT molecular complexity index is 958. The van der Waals surface area contributed by atoms with Crippen LogP contribution in [-0.4, -0.2) is 60.4 Å². The maximum absolute atomic E-state index is 12.8. The van der Waals surface area contributed by atoms with Crippen molar-refractivity contribution in [2.45, 2.75) is 55.9 Å². The first-order chi connectivity index (χ1) is 13.5. The van der Waals surface area contributed by atoms with Crippen LogP contribution in [0.5, 0.6) is 5.75 Å². The van der Waals surface area contributed by atoms with Crippen LogP contribution in [0.2, 0.25) is 0 Å². The van der Waals surface area contributed by atoms with Gasteiger partial charge in [0.05, 0.1) is 18.3 Å². The molecule has 0 radical (unpaired) electrons. The van der Waals surface area contributed by atoms with Crippen LogP contribution >= 0.6 is 0 Å². The number of nitrogens with zero attached hydrogens (tertiary/aromatic N) is 1. The number of β-lactam (4-membered cyclic amide) rings is 1. The molecule has 0 aromatic heterocycles. The van der Waals surface area contributed by atoms with Crippen molar-refractivity contribution in [3.63, 3.8) is 0 Å². The van der Waals surface area contributed by atoms with E-state index in [9.17, 15) is 22.8 Å². The molecule has 1 aromatic carbocycles. The molecule has 2 aliphatic rings. The van der Waals surface area contributed by atoms with E-state index >= 15 is 0 Å². The van der Waals surface area contributed by atoms with E-state index in [1.165, 1.54) is 27.9 Å². The monoisotopic (exact) mass is 423 g/mol. The molecule has 3 amide bonds. The lowest BCUT2D eigenvalue weighted by molar-refractivity contribution is -0.150. The minimum atomic E-state index is -3.67. The quantitative estimate of drug-likeness (QED) is 0.619. The number of fused-ring (bicyclic) bond motifs is 1. The molecule has 0 spiro atoms. The van der Waals surface area contributed by atoms with Crippen LogP contribution in [0.1, 0.15) is 32.8 Å². The van der Waals surface area contributed by atoms with Crippen molar-refractivity contribution in [1.29, 1.82) is 0 Å². The van der Waals surface area contributed by atoms with E-state index in [-0.39, 0.29) is 18.9 Å². The standard InChI is InChI=1S/C19H25N3O6S/c1-11(17(24)20-10-12-7-5-6-8-13(12)28-4)21-18(25)16-19(2,3)29(26,27)15-9-14(23)22(15)16/h5-8,11,15-16H,9-10H2,1-4H3,(H,20,24)(H,21,25). The molecule has 3 rings (SSSR count). The summed E-state index contributed by atoms with van der Waals surface area (Å²) >= 11 is 0. The Morgan fingerprint density at radius 2 is 1.97 bits per heavy atom. The average molecular weight is 423 g/mol. The van der Waals surface area contributed by atoms with Crippen LogP contribution in [0.4, 0.5) is 0 Å². The van der Waals surface area contributed by atoms with Crippen molar-refractivity contribution in [2.75, 3.05) is 7.11 Å². The van der Waals surface area contributed by atoms with Crippen LogP contribution in [0.3, 0.4) is 0 Å². The molecule has 3 atom stereocenters. The van der Waals surface area contributed by atoms with Crippen molar-refractivity contribution < 1.29 is 27.5 Å². The molecule has 0 saturated carbocycles. The molecule has 9 nitrogen and oxygen atoms in total. The van der Waals surface area contributed by atoms with Crippen LogP contribution in [0.15, 0.2) is 24.3 Å². The van der Waals surface area contributed by atoms with Gasteiger partial charge in [0, 0.05) is 12.1 Å². The SMILES string of the molecule is COc1ccccc1CNC(=O)C(C)NC(=O)C1N2C(=O)CC2S(=O)(=O)C1(C)C. The Balaban J connectivity index is 1.65. The normalized spacial score (nSPS) is 24.8. The van der Waals surface area contributed by atoms with Gasteiger partial charge in [0.15, 0.2) is 9.84 Å². The Labute approximate surface area is 169 Å². The van der Waals surface area contributed by atoms with Crippen molar-refractivity contribution in [2.24, 2.45) is 0 Å². The molecule has 2 N–H and O–H groups in total. The van der Waals surface area contributed by atoms with Crippen LogP contribution in [0.25, 0.3) is 0 Å². The predicted molar refractivity (Wildman–Crippen MR) is 104 cm³/mol. The second-order valence-corrected chi connectivity index (χ2v) is 10.5. The third-order valence-electron chi connectivity index (χ3n) is 5.62. The maximum atomic E-state index is 12.8. The summed E-state index contributed by atoms with van der Waals surface area (Å²) in [6.45, 7) is 4.58. The molecule has 2 aliphatic heterocycles. The second kappa shape index (κ2) is 7.33. The number of hydrogen-bond acceptors (Lipinski definition) is 6. The highest BCUT2D eigenvalue weighted by Crippen LogP contribution is 2.45. The minimum Gasteiger partial charge on any atom is -0.496 e. The number of sulfone groups is 1. The first-order valence-corrected chi connectivity index (χ1v) is 10.8. The van der Waals surface area contributed by atoms with Gasteiger partial charge in [0.1, 0.15) is 23.2 Å². The number of carbonyl (C=O) groups excluding carboxylic acids is 3. The van der Waals surface area contributed by atoms with E-state index in [1.54, 1.807) is 6.07 Å². The number of rotatable bonds is 6. The summed E-state index contributed by atoms with van der Waals surface area (Å²) < 4.78 is 29.0. The first-order valence-electron chi connectivity index (χ1n) is 9.27. The van der Waals surface area contributed by atoms with E-state index < -0.39 is 43.9 Å². The van der Waals surface area contributed by atoms with Crippen molar-refractivity contribution in [3.05, 3.63) is 29.8 Å². The zero-order chi connectivity index (χ0) is 21.6. The number of nitrogens with one attached hydrogen (secondary N) is 2. The Morgan fingerprint density at radius 3 is 2.59 bits per heavy atom. The average Bonchev–Trinajstić information content (AvgIpc) is 2.79. The summed E-state index contributed by atoms with van der Waals surface area (Å²) in [7, 11) is -2.14. The van der Waals surface area contributed by atoms with Gasteiger partial charge in [0.2, 0.25) is 17.7 Å². The third-order valence-corrected chi connectivity index (χ3v) is 8.42. The molecule has 2 fully saturated rings. The van der Waals surface area contributed by atoms with E-state index in [0.29, 0.717) is 5.75 Å². The zero-order valence-corrected chi connectivity index (χ0v) is 17.6. The highest BCUT2D eigenvalue weighted by Gasteiger charge is 2.67. The predicted octanol–water partition coefficient (Wildman–Crippen LogP) is -0.0499. The van der Waals surface area contributed by atoms with Gasteiger partial charge in [-0.05, 0) is 26.8 Å². The zero-order valence-electron chi connectivity index (χ0n) is 16.8. The van der Waals surface area contributed by atoms with Crippen LogP contribution in [-0.2, 0) is 30.8 Å². The largest absolute Gasteiger partial charge is 0.496 e. The first kappa shape index (κ1) is 21.1. The van der Waals surface area contributed by atoms with E-state index in [4.69, 9.17) is 4.74 Å². The topological polar surface area (TPSA) is 122 Å². The molecule has 1 aromatic rings. The summed E-state index contributed by atoms with van der Waals surface area (Å²) in [6.07, 6.45) is -0.107. The molecule has 0 aliphatic carbocycles. The van der Waals surface area contributed by atoms with Gasteiger partial charge in [-0.25, -0.2) is 8.42 Å². The van der Waals surface area contributed by atoms with Crippen LogP contribution in [0, 0.1) is 0 Å². The maximum Gasteiger partial charge on any atom is 0.245 e. The van der Waals surface area contributed by atoms with Crippen LogP contribution < -0.4 is 15.4 Å². The number of carbonyl (C=O) groups is 3. The van der Waals surface area contributed by atoms with Crippen molar-refractivity contribution in [3.8, 4) is 5.75 Å². The van der Waals surface area contributed by atoms with Crippen molar-refractivity contribution in [1.82, 2.24) is 15.5 Å². The summed E-state index contributed by atoms with van der Waals surface area (Å²) in [6, 6.07) is 5.14. The summed E-state index contributed by atoms with van der Waals surface area (Å²) in [5, 5.41) is 4.30. The molecule has 0 bridgehead atoms. The lowest BCUT2D eigenvalue weighted by atomic mass is 9.97. The molecule has 2 heterocycles. The molecular weight excluding hydrogens is 398 g/mol. The fourth-order valence-electron chi connectivity index (χ4n) is 3.80. The van der Waals surface area contributed by atoms with E-state index in [2.05, 4.69) is 10.6 Å². The number of para-hydroxylation sites is 1. The molecule has 10 heteroatoms. The summed E-state index contributed by atoms with van der Waals surface area (Å²) in [4.78, 5) is 38.3. The fraction of sp³-hybridized carbons (Fsp3) is 0.526. The number of amides is 3.